The summed E-state index contributed by atoms with van der Waals surface area (Å²) < 4.78 is 1.83. The zero-order valence-electron chi connectivity index (χ0n) is 11.6. The van der Waals surface area contributed by atoms with Gasteiger partial charge in [0.15, 0.2) is 0 Å². The fourth-order valence-corrected chi connectivity index (χ4v) is 2.17. The standard InChI is InChI=1S/C15H21N3/c1-10(2)12-6-5-11(3)14(7-12)15-13(8-16)9-18(4)17-15/h5-7,9-10H,8,16H2,1-4H3. The fourth-order valence-electron chi connectivity index (χ4n) is 2.17. The Kier molecular flexibility index (Phi) is 3.53. The summed E-state index contributed by atoms with van der Waals surface area (Å²) in [6.45, 7) is 7.05. The van der Waals surface area contributed by atoms with E-state index in [1.54, 1.807) is 0 Å². The summed E-state index contributed by atoms with van der Waals surface area (Å²) in [7, 11) is 1.93. The lowest BCUT2D eigenvalue weighted by Gasteiger charge is -2.10. The van der Waals surface area contributed by atoms with E-state index in [2.05, 4.69) is 44.1 Å². The Morgan fingerprint density at radius 1 is 1.33 bits per heavy atom. The molecular weight excluding hydrogens is 222 g/mol. The molecule has 0 saturated heterocycles. The van der Waals surface area contributed by atoms with E-state index in [-0.39, 0.29) is 0 Å². The summed E-state index contributed by atoms with van der Waals surface area (Å²) in [6, 6.07) is 6.59. The van der Waals surface area contributed by atoms with Gasteiger partial charge in [-0.15, -0.1) is 0 Å². The Bertz CT molecular complexity index is 553. The molecule has 0 aliphatic carbocycles. The van der Waals surface area contributed by atoms with Crippen LogP contribution in [0, 0.1) is 6.92 Å². The van der Waals surface area contributed by atoms with Crippen LogP contribution in [0.1, 0.15) is 36.5 Å². The van der Waals surface area contributed by atoms with Crippen LogP contribution in [-0.2, 0) is 13.6 Å². The molecule has 2 rings (SSSR count). The minimum atomic E-state index is 0.522. The number of benzene rings is 1. The molecule has 1 heterocycles. The van der Waals surface area contributed by atoms with E-state index in [9.17, 15) is 0 Å². The first-order chi connectivity index (χ1) is 8.52. The Morgan fingerprint density at radius 2 is 2.06 bits per heavy atom. The van der Waals surface area contributed by atoms with E-state index in [1.807, 2.05) is 17.9 Å². The normalized spacial score (nSPS) is 11.2. The number of aromatic nitrogens is 2. The first-order valence-corrected chi connectivity index (χ1v) is 6.36. The first kappa shape index (κ1) is 12.8. The number of nitrogens with two attached hydrogens (primary N) is 1. The second-order valence-corrected chi connectivity index (χ2v) is 5.11. The van der Waals surface area contributed by atoms with Crippen molar-refractivity contribution < 1.29 is 0 Å². The second-order valence-electron chi connectivity index (χ2n) is 5.11. The van der Waals surface area contributed by atoms with Crippen LogP contribution in [0.3, 0.4) is 0 Å². The maximum atomic E-state index is 5.80. The van der Waals surface area contributed by atoms with Crippen LogP contribution in [0.15, 0.2) is 24.4 Å². The molecule has 2 aromatic rings. The molecule has 0 amide bonds. The van der Waals surface area contributed by atoms with E-state index in [0.29, 0.717) is 12.5 Å². The van der Waals surface area contributed by atoms with Crippen LogP contribution < -0.4 is 5.73 Å². The van der Waals surface area contributed by atoms with Crippen molar-refractivity contribution in [2.75, 3.05) is 0 Å². The molecule has 1 aromatic heterocycles. The summed E-state index contributed by atoms with van der Waals surface area (Å²) in [4.78, 5) is 0. The third-order valence-corrected chi connectivity index (χ3v) is 3.31. The SMILES string of the molecule is Cc1ccc(C(C)C)cc1-c1nn(C)cc1CN. The molecule has 96 valence electrons. The van der Waals surface area contributed by atoms with Gasteiger partial charge >= 0.3 is 0 Å². The van der Waals surface area contributed by atoms with E-state index >= 15 is 0 Å². The minimum absolute atomic E-state index is 0.522. The largest absolute Gasteiger partial charge is 0.326 e. The van der Waals surface area contributed by atoms with Crippen molar-refractivity contribution in [2.45, 2.75) is 33.2 Å². The van der Waals surface area contributed by atoms with Crippen LogP contribution in [0.4, 0.5) is 0 Å². The Balaban J connectivity index is 2.58. The van der Waals surface area contributed by atoms with E-state index in [4.69, 9.17) is 5.73 Å². The maximum Gasteiger partial charge on any atom is 0.0970 e. The summed E-state index contributed by atoms with van der Waals surface area (Å²) in [6.07, 6.45) is 2.00. The van der Waals surface area contributed by atoms with Crippen LogP contribution in [-0.4, -0.2) is 9.78 Å². The van der Waals surface area contributed by atoms with Crippen molar-refractivity contribution in [1.82, 2.24) is 9.78 Å². The van der Waals surface area contributed by atoms with Crippen molar-refractivity contribution in [3.05, 3.63) is 41.1 Å². The smallest absolute Gasteiger partial charge is 0.0970 e. The highest BCUT2D eigenvalue weighted by atomic mass is 15.3. The van der Waals surface area contributed by atoms with E-state index in [1.165, 1.54) is 16.7 Å². The second kappa shape index (κ2) is 4.94. The minimum Gasteiger partial charge on any atom is -0.326 e. The Labute approximate surface area is 109 Å². The van der Waals surface area contributed by atoms with Gasteiger partial charge in [-0.25, -0.2) is 0 Å². The highest BCUT2D eigenvalue weighted by Crippen LogP contribution is 2.28. The highest BCUT2D eigenvalue weighted by Gasteiger charge is 2.12. The summed E-state index contributed by atoms with van der Waals surface area (Å²) in [5.41, 5.74) is 11.7. The maximum absolute atomic E-state index is 5.80. The monoisotopic (exact) mass is 243 g/mol. The molecule has 0 unspecified atom stereocenters. The third-order valence-electron chi connectivity index (χ3n) is 3.31. The lowest BCUT2D eigenvalue weighted by atomic mass is 9.95. The van der Waals surface area contributed by atoms with Gasteiger partial charge in [0.2, 0.25) is 0 Å². The van der Waals surface area contributed by atoms with E-state index < -0.39 is 0 Å². The number of hydrogen-bond acceptors (Lipinski definition) is 2. The van der Waals surface area contributed by atoms with Crippen LogP contribution in [0.2, 0.25) is 0 Å². The van der Waals surface area contributed by atoms with Gasteiger partial charge in [-0.05, 0) is 30.0 Å². The van der Waals surface area contributed by atoms with Gasteiger partial charge in [-0.1, -0.05) is 26.0 Å². The molecule has 1 aromatic carbocycles. The molecule has 3 heteroatoms. The van der Waals surface area contributed by atoms with Crippen molar-refractivity contribution >= 4 is 0 Å². The van der Waals surface area contributed by atoms with Crippen LogP contribution >= 0.6 is 0 Å². The van der Waals surface area contributed by atoms with Gasteiger partial charge in [-0.3, -0.25) is 4.68 Å². The van der Waals surface area contributed by atoms with Gasteiger partial charge < -0.3 is 5.73 Å². The quantitative estimate of drug-likeness (QED) is 0.900. The van der Waals surface area contributed by atoms with Crippen molar-refractivity contribution in [2.24, 2.45) is 12.8 Å². The molecule has 0 aliphatic rings. The third kappa shape index (κ3) is 2.31. The van der Waals surface area contributed by atoms with Crippen molar-refractivity contribution in [1.29, 1.82) is 0 Å². The topological polar surface area (TPSA) is 43.8 Å². The van der Waals surface area contributed by atoms with Gasteiger partial charge in [-0.2, -0.15) is 5.10 Å². The molecule has 2 N–H and O–H groups in total. The number of aryl methyl sites for hydroxylation is 2. The molecule has 0 radical (unpaired) electrons. The molecule has 3 nitrogen and oxygen atoms in total. The summed E-state index contributed by atoms with van der Waals surface area (Å²) >= 11 is 0. The number of hydrogen-bond donors (Lipinski definition) is 1. The van der Waals surface area contributed by atoms with Gasteiger partial charge in [0.1, 0.15) is 0 Å². The predicted molar refractivity (Wildman–Crippen MR) is 75.4 cm³/mol. The molecule has 0 aliphatic heterocycles. The Morgan fingerprint density at radius 3 is 2.67 bits per heavy atom. The predicted octanol–water partition coefficient (Wildman–Crippen LogP) is 2.98. The lowest BCUT2D eigenvalue weighted by molar-refractivity contribution is 0.769. The number of rotatable bonds is 3. The van der Waals surface area contributed by atoms with Gasteiger partial charge in [0.25, 0.3) is 0 Å². The van der Waals surface area contributed by atoms with Crippen molar-refractivity contribution in [3.63, 3.8) is 0 Å². The van der Waals surface area contributed by atoms with Gasteiger partial charge in [0.05, 0.1) is 5.69 Å². The zero-order valence-corrected chi connectivity index (χ0v) is 11.6. The van der Waals surface area contributed by atoms with Gasteiger partial charge in [0, 0.05) is 30.9 Å². The number of nitrogens with zero attached hydrogens (tertiary/aromatic N) is 2. The lowest BCUT2D eigenvalue weighted by Crippen LogP contribution is -1.98. The van der Waals surface area contributed by atoms with E-state index in [0.717, 1.165) is 11.3 Å². The molecule has 0 fully saturated rings. The molecular formula is C15H21N3. The molecule has 0 saturated carbocycles. The molecule has 0 bridgehead atoms. The molecule has 18 heavy (non-hydrogen) atoms. The van der Waals surface area contributed by atoms with Crippen LogP contribution in [0.25, 0.3) is 11.3 Å². The molecule has 0 spiro atoms. The average molecular weight is 243 g/mol. The molecule has 0 atom stereocenters. The average Bonchev–Trinajstić information content (AvgIpc) is 2.70. The van der Waals surface area contributed by atoms with Crippen molar-refractivity contribution in [3.8, 4) is 11.3 Å². The summed E-state index contributed by atoms with van der Waals surface area (Å²) in [5, 5.41) is 4.55. The fraction of sp³-hybridized carbons (Fsp3) is 0.400. The zero-order chi connectivity index (χ0) is 13.3. The highest BCUT2D eigenvalue weighted by molar-refractivity contribution is 5.67. The van der Waals surface area contributed by atoms with Crippen LogP contribution in [0.5, 0.6) is 0 Å². The Hall–Kier alpha value is -1.61. The first-order valence-electron chi connectivity index (χ1n) is 6.36. The summed E-state index contributed by atoms with van der Waals surface area (Å²) in [5.74, 6) is 0.523.